The average molecular weight is 267 g/mol. The molecule has 4 heteroatoms. The van der Waals surface area contributed by atoms with Gasteiger partial charge >= 0.3 is 0 Å². The van der Waals surface area contributed by atoms with Crippen molar-refractivity contribution < 1.29 is 4.39 Å². The minimum absolute atomic E-state index is 0.268. The Hall–Kier alpha value is -2.62. The first-order valence-electron chi connectivity index (χ1n) is 6.29. The van der Waals surface area contributed by atoms with Crippen molar-refractivity contribution in [1.82, 2.24) is 4.98 Å². The molecule has 3 rings (SSSR count). The normalized spacial score (nSPS) is 10.7. The SMILES string of the molecule is CN(c1cccc(F)c1)c1ccc2ncccc2c1N. The Morgan fingerprint density at radius 1 is 1.10 bits per heavy atom. The van der Waals surface area contributed by atoms with Gasteiger partial charge in [0.15, 0.2) is 0 Å². The lowest BCUT2D eigenvalue weighted by atomic mass is 10.1. The number of nitrogens with two attached hydrogens (primary N) is 1. The van der Waals surface area contributed by atoms with E-state index in [-0.39, 0.29) is 5.82 Å². The summed E-state index contributed by atoms with van der Waals surface area (Å²) >= 11 is 0. The van der Waals surface area contributed by atoms with Crippen molar-refractivity contribution in [1.29, 1.82) is 0 Å². The van der Waals surface area contributed by atoms with Gasteiger partial charge in [-0.1, -0.05) is 6.07 Å². The highest BCUT2D eigenvalue weighted by molar-refractivity contribution is 5.98. The van der Waals surface area contributed by atoms with Crippen LogP contribution < -0.4 is 10.6 Å². The van der Waals surface area contributed by atoms with E-state index >= 15 is 0 Å². The van der Waals surface area contributed by atoms with Gasteiger partial charge in [-0.05, 0) is 42.5 Å². The highest BCUT2D eigenvalue weighted by Gasteiger charge is 2.11. The summed E-state index contributed by atoms with van der Waals surface area (Å²) in [5.74, 6) is -0.268. The minimum Gasteiger partial charge on any atom is -0.396 e. The molecule has 1 aromatic heterocycles. The van der Waals surface area contributed by atoms with E-state index in [0.29, 0.717) is 5.69 Å². The lowest BCUT2D eigenvalue weighted by molar-refractivity contribution is 0.628. The zero-order valence-electron chi connectivity index (χ0n) is 11.0. The average Bonchev–Trinajstić information content (AvgIpc) is 2.47. The van der Waals surface area contributed by atoms with Crippen LogP contribution in [0.4, 0.5) is 21.5 Å². The van der Waals surface area contributed by atoms with Crippen molar-refractivity contribution in [3.63, 3.8) is 0 Å². The molecular weight excluding hydrogens is 253 g/mol. The van der Waals surface area contributed by atoms with Gasteiger partial charge in [0.25, 0.3) is 0 Å². The second-order valence-electron chi connectivity index (χ2n) is 4.61. The van der Waals surface area contributed by atoms with Gasteiger partial charge in [0, 0.05) is 24.3 Å². The highest BCUT2D eigenvalue weighted by atomic mass is 19.1. The van der Waals surface area contributed by atoms with E-state index in [1.54, 1.807) is 12.3 Å². The molecular formula is C16H14FN3. The summed E-state index contributed by atoms with van der Waals surface area (Å²) in [6.07, 6.45) is 1.73. The third kappa shape index (κ3) is 2.05. The molecule has 0 saturated carbocycles. The number of anilines is 3. The predicted molar refractivity (Wildman–Crippen MR) is 80.6 cm³/mol. The predicted octanol–water partition coefficient (Wildman–Crippen LogP) is 3.72. The van der Waals surface area contributed by atoms with Crippen LogP contribution in [0.15, 0.2) is 54.7 Å². The van der Waals surface area contributed by atoms with Crippen molar-refractivity contribution >= 4 is 28.0 Å². The number of pyridine rings is 1. The number of aromatic nitrogens is 1. The number of halogens is 1. The molecule has 0 bridgehead atoms. The van der Waals surface area contributed by atoms with Gasteiger partial charge in [-0.2, -0.15) is 0 Å². The first-order valence-corrected chi connectivity index (χ1v) is 6.29. The van der Waals surface area contributed by atoms with Gasteiger partial charge in [0.2, 0.25) is 0 Å². The Bertz CT molecular complexity index is 771. The number of nitrogens with zero attached hydrogens (tertiary/aromatic N) is 2. The number of benzene rings is 2. The third-order valence-electron chi connectivity index (χ3n) is 3.36. The Morgan fingerprint density at radius 3 is 2.75 bits per heavy atom. The Labute approximate surface area is 116 Å². The van der Waals surface area contributed by atoms with Crippen LogP contribution in [0, 0.1) is 5.82 Å². The lowest BCUT2D eigenvalue weighted by Crippen LogP contribution is -2.12. The smallest absolute Gasteiger partial charge is 0.125 e. The zero-order chi connectivity index (χ0) is 14.1. The number of hydrogen-bond donors (Lipinski definition) is 1. The summed E-state index contributed by atoms with van der Waals surface area (Å²) in [5.41, 5.74) is 9.29. The molecule has 0 amide bonds. The van der Waals surface area contributed by atoms with Crippen LogP contribution >= 0.6 is 0 Å². The van der Waals surface area contributed by atoms with Crippen molar-refractivity contribution in [2.24, 2.45) is 0 Å². The minimum atomic E-state index is -0.268. The Kier molecular flexibility index (Phi) is 2.99. The standard InChI is InChI=1S/C16H14FN3/c1-20(12-5-2-4-11(17)10-12)15-8-7-14-13(16(15)18)6-3-9-19-14/h2-10H,18H2,1H3. The quantitative estimate of drug-likeness (QED) is 0.719. The van der Waals surface area contributed by atoms with Gasteiger partial charge in [0.1, 0.15) is 5.82 Å². The molecule has 0 unspecified atom stereocenters. The number of rotatable bonds is 2. The molecule has 20 heavy (non-hydrogen) atoms. The molecule has 0 aliphatic carbocycles. The fourth-order valence-corrected chi connectivity index (χ4v) is 2.28. The summed E-state index contributed by atoms with van der Waals surface area (Å²) in [6, 6.07) is 14.0. The van der Waals surface area contributed by atoms with Gasteiger partial charge in [-0.25, -0.2) is 4.39 Å². The van der Waals surface area contributed by atoms with Crippen molar-refractivity contribution in [3.8, 4) is 0 Å². The first kappa shape index (κ1) is 12.4. The van der Waals surface area contributed by atoms with E-state index in [9.17, 15) is 4.39 Å². The molecule has 0 saturated heterocycles. The van der Waals surface area contributed by atoms with Crippen LogP contribution in [0.25, 0.3) is 10.9 Å². The Morgan fingerprint density at radius 2 is 1.95 bits per heavy atom. The van der Waals surface area contributed by atoms with Crippen LogP contribution in [-0.4, -0.2) is 12.0 Å². The van der Waals surface area contributed by atoms with E-state index in [4.69, 9.17) is 5.73 Å². The van der Waals surface area contributed by atoms with E-state index < -0.39 is 0 Å². The summed E-state index contributed by atoms with van der Waals surface area (Å²) in [6.45, 7) is 0. The van der Waals surface area contributed by atoms with Crippen molar-refractivity contribution in [3.05, 3.63) is 60.5 Å². The maximum Gasteiger partial charge on any atom is 0.125 e. The monoisotopic (exact) mass is 267 g/mol. The summed E-state index contributed by atoms with van der Waals surface area (Å²) in [5, 5.41) is 0.897. The van der Waals surface area contributed by atoms with Gasteiger partial charge in [0.05, 0.1) is 16.9 Å². The molecule has 2 N–H and O–H groups in total. The van der Waals surface area contributed by atoms with E-state index in [1.165, 1.54) is 12.1 Å². The second-order valence-corrected chi connectivity index (χ2v) is 4.61. The fourth-order valence-electron chi connectivity index (χ4n) is 2.28. The van der Waals surface area contributed by atoms with Crippen LogP contribution in [0.3, 0.4) is 0 Å². The van der Waals surface area contributed by atoms with Crippen LogP contribution in [0.1, 0.15) is 0 Å². The topological polar surface area (TPSA) is 42.2 Å². The highest BCUT2D eigenvalue weighted by Crippen LogP contribution is 2.33. The molecule has 100 valence electrons. The molecule has 0 radical (unpaired) electrons. The van der Waals surface area contributed by atoms with Crippen molar-refractivity contribution in [2.45, 2.75) is 0 Å². The van der Waals surface area contributed by atoms with E-state index in [2.05, 4.69) is 4.98 Å². The molecule has 1 heterocycles. The lowest BCUT2D eigenvalue weighted by Gasteiger charge is -2.22. The van der Waals surface area contributed by atoms with Crippen molar-refractivity contribution in [2.75, 3.05) is 17.7 Å². The first-order chi connectivity index (χ1) is 9.66. The molecule has 0 fully saturated rings. The number of nitrogen functional groups attached to an aromatic ring is 1. The Balaban J connectivity index is 2.12. The maximum atomic E-state index is 13.3. The molecule has 3 aromatic rings. The molecule has 3 nitrogen and oxygen atoms in total. The van der Waals surface area contributed by atoms with Crippen LogP contribution in [-0.2, 0) is 0 Å². The molecule has 0 spiro atoms. The van der Waals surface area contributed by atoms with E-state index in [1.807, 2.05) is 42.3 Å². The molecule has 0 aliphatic heterocycles. The molecule has 0 aliphatic rings. The summed E-state index contributed by atoms with van der Waals surface area (Å²) in [7, 11) is 1.86. The largest absolute Gasteiger partial charge is 0.396 e. The summed E-state index contributed by atoms with van der Waals surface area (Å²) < 4.78 is 13.3. The summed E-state index contributed by atoms with van der Waals surface area (Å²) in [4.78, 5) is 6.14. The molecule has 0 atom stereocenters. The number of hydrogen-bond acceptors (Lipinski definition) is 3. The molecule has 2 aromatic carbocycles. The van der Waals surface area contributed by atoms with Crippen LogP contribution in [0.5, 0.6) is 0 Å². The zero-order valence-corrected chi connectivity index (χ0v) is 11.0. The fraction of sp³-hybridized carbons (Fsp3) is 0.0625. The van der Waals surface area contributed by atoms with Gasteiger partial charge in [-0.15, -0.1) is 0 Å². The van der Waals surface area contributed by atoms with Crippen LogP contribution in [0.2, 0.25) is 0 Å². The van der Waals surface area contributed by atoms with Gasteiger partial charge < -0.3 is 10.6 Å². The number of fused-ring (bicyclic) bond motifs is 1. The second kappa shape index (κ2) is 4.81. The van der Waals surface area contributed by atoms with E-state index in [0.717, 1.165) is 22.3 Å². The third-order valence-corrected chi connectivity index (χ3v) is 3.36. The maximum absolute atomic E-state index is 13.3. The van der Waals surface area contributed by atoms with Gasteiger partial charge in [-0.3, -0.25) is 4.98 Å².